The van der Waals surface area contributed by atoms with E-state index in [1.807, 2.05) is 134 Å². The van der Waals surface area contributed by atoms with Gasteiger partial charge in [0.2, 0.25) is 0 Å². The number of methoxy groups -OCH3 is 2. The van der Waals surface area contributed by atoms with E-state index in [0.29, 0.717) is 45.3 Å². The first kappa shape index (κ1) is 30.6. The maximum Gasteiger partial charge on any atom is 0.453 e. The Morgan fingerprint density at radius 2 is 0.878 bits per heavy atom. The molecule has 0 amide bonds. The molecule has 8 aromatic rings. The molecule has 0 aliphatic rings. The van der Waals surface area contributed by atoms with Gasteiger partial charge in [0.05, 0.1) is 14.2 Å². The van der Waals surface area contributed by atoms with Crippen molar-refractivity contribution in [1.82, 2.24) is 0 Å². The van der Waals surface area contributed by atoms with E-state index < -0.39 is 16.5 Å². The lowest BCUT2D eigenvalue weighted by atomic mass is 9.98. The van der Waals surface area contributed by atoms with Crippen LogP contribution in [-0.2, 0) is 0 Å². The van der Waals surface area contributed by atoms with E-state index in [2.05, 4.69) is 0 Å². The Balaban J connectivity index is 1.27. The van der Waals surface area contributed by atoms with Gasteiger partial charge in [-0.2, -0.15) is 0 Å². The lowest BCUT2D eigenvalue weighted by Crippen LogP contribution is -1.94. The van der Waals surface area contributed by atoms with E-state index in [1.54, 1.807) is 14.2 Å². The van der Waals surface area contributed by atoms with Crippen molar-refractivity contribution >= 4 is 60.4 Å². The van der Waals surface area contributed by atoms with Crippen LogP contribution >= 0.6 is 16.5 Å². The van der Waals surface area contributed by atoms with Gasteiger partial charge in [-0.25, -0.2) is 0 Å². The summed E-state index contributed by atoms with van der Waals surface area (Å²) in [5.74, 6) is 2.16. The molecule has 0 saturated heterocycles. The van der Waals surface area contributed by atoms with Gasteiger partial charge in [0, 0.05) is 27.1 Å². The highest BCUT2D eigenvalue weighted by molar-refractivity contribution is 7.32. The molecule has 0 fully saturated rings. The summed E-state index contributed by atoms with van der Waals surface area (Å²) in [6.07, 6.45) is 0. The number of fused-ring (bicyclic) bond motifs is 6. The van der Waals surface area contributed by atoms with Gasteiger partial charge in [-0.1, -0.05) is 72.8 Å². The van der Waals surface area contributed by atoms with Crippen LogP contribution in [0.25, 0.3) is 55.0 Å². The molecule has 0 radical (unpaired) electrons. The lowest BCUT2D eigenvalue weighted by molar-refractivity contribution is 0.390. The van der Waals surface area contributed by atoms with Gasteiger partial charge in [0.1, 0.15) is 33.8 Å². The van der Waals surface area contributed by atoms with Gasteiger partial charge in [-0.05, 0) is 72.6 Å². The molecule has 0 unspecified atom stereocenters. The number of hydrogen-bond acceptors (Lipinski definition) is 8. The highest BCUT2D eigenvalue weighted by Crippen LogP contribution is 2.47. The van der Waals surface area contributed by atoms with Crippen molar-refractivity contribution in [3.63, 3.8) is 0 Å². The Kier molecular flexibility index (Phi) is 8.18. The Hall–Kier alpha value is -5.68. The molecule has 0 bridgehead atoms. The first-order chi connectivity index (χ1) is 24.1. The maximum absolute atomic E-state index is 6.58. The average Bonchev–Trinajstić information content (AvgIpc) is 3.39. The highest BCUT2D eigenvalue weighted by Gasteiger charge is 2.20. The molecule has 8 rings (SSSR count). The summed E-state index contributed by atoms with van der Waals surface area (Å²) < 4.78 is 49.9. The van der Waals surface area contributed by atoms with Crippen LogP contribution < -0.4 is 18.5 Å². The van der Waals surface area contributed by atoms with E-state index in [0.717, 1.165) is 38.2 Å². The molecular weight excluding hydrogens is 658 g/mol. The summed E-state index contributed by atoms with van der Waals surface area (Å²) in [6.45, 7) is 2.00. The Morgan fingerprint density at radius 3 is 1.33 bits per heavy atom. The van der Waals surface area contributed by atoms with Crippen molar-refractivity contribution in [3.05, 3.63) is 133 Å². The largest absolute Gasteiger partial charge is 0.497 e. The summed E-state index contributed by atoms with van der Waals surface area (Å²) in [5.41, 5.74) is 5.18. The number of aryl methyl sites for hydroxylation is 1. The fourth-order valence-corrected chi connectivity index (χ4v) is 7.90. The SMILES string of the molecule is COc1ccc(Op2oc3ccccc3c3ccccc3o2)c(-c2cc(Op3oc4ccccc4c4ccccc4o3)c(OC)cc2C)c1. The fraction of sp³-hybridized carbons (Fsp3) is 0.0769. The Bertz CT molecular complexity index is 2460. The van der Waals surface area contributed by atoms with E-state index in [4.69, 9.17) is 35.3 Å². The van der Waals surface area contributed by atoms with Crippen molar-refractivity contribution in [2.75, 3.05) is 14.2 Å². The molecule has 6 aromatic carbocycles. The van der Waals surface area contributed by atoms with Crippen molar-refractivity contribution < 1.29 is 35.3 Å². The van der Waals surface area contributed by atoms with E-state index in [1.165, 1.54) is 0 Å². The summed E-state index contributed by atoms with van der Waals surface area (Å²) in [5, 5.41) is 3.72. The summed E-state index contributed by atoms with van der Waals surface area (Å²) in [7, 11) is -0.578. The monoisotopic (exact) mass is 688 g/mol. The van der Waals surface area contributed by atoms with Crippen LogP contribution in [0.2, 0.25) is 0 Å². The first-order valence-electron chi connectivity index (χ1n) is 15.5. The van der Waals surface area contributed by atoms with Crippen LogP contribution in [0.3, 0.4) is 0 Å². The molecule has 244 valence electrons. The van der Waals surface area contributed by atoms with Gasteiger partial charge in [-0.15, -0.1) is 0 Å². The van der Waals surface area contributed by atoms with Crippen LogP contribution in [0.1, 0.15) is 5.56 Å². The quantitative estimate of drug-likeness (QED) is 0.163. The standard InChI is InChI=1S/C39H30O8P2/c1-25-22-38(41-3)39(47-49-44-35-18-10-6-14-29(35)30-15-7-11-19-36(30)45-49)24-31(25)32-23-26(40-2)20-21-37(32)46-48-42-33-16-8-4-12-27(33)28-13-5-9-17-34(28)43-48/h4-24H,1-3H3. The second-order valence-corrected chi connectivity index (χ2v) is 13.1. The van der Waals surface area contributed by atoms with Crippen LogP contribution in [0.4, 0.5) is 0 Å². The summed E-state index contributed by atoms with van der Waals surface area (Å²) in [4.78, 5) is 0. The third-order valence-electron chi connectivity index (χ3n) is 8.15. The molecule has 0 saturated carbocycles. The molecule has 0 spiro atoms. The molecular formula is C39H30O8P2. The first-order valence-corrected chi connectivity index (χ1v) is 17.7. The topological polar surface area (TPSA) is 89.5 Å². The highest BCUT2D eigenvalue weighted by atomic mass is 31.1. The van der Waals surface area contributed by atoms with Gasteiger partial charge < -0.3 is 35.3 Å². The van der Waals surface area contributed by atoms with Gasteiger partial charge in [0.15, 0.2) is 11.5 Å². The van der Waals surface area contributed by atoms with Crippen LogP contribution in [0.5, 0.6) is 23.0 Å². The zero-order valence-corrected chi connectivity index (χ0v) is 28.6. The van der Waals surface area contributed by atoms with Crippen LogP contribution in [-0.4, -0.2) is 14.2 Å². The molecule has 10 heteroatoms. The number of rotatable bonds is 7. The van der Waals surface area contributed by atoms with E-state index in [-0.39, 0.29) is 0 Å². The summed E-state index contributed by atoms with van der Waals surface area (Å²) in [6, 6.07) is 40.7. The van der Waals surface area contributed by atoms with Crippen molar-refractivity contribution in [1.29, 1.82) is 0 Å². The van der Waals surface area contributed by atoms with Crippen molar-refractivity contribution in [2.24, 2.45) is 0 Å². The van der Waals surface area contributed by atoms with E-state index in [9.17, 15) is 0 Å². The average molecular weight is 689 g/mol. The number of para-hydroxylation sites is 4. The van der Waals surface area contributed by atoms with Crippen LogP contribution in [0.15, 0.2) is 144 Å². The van der Waals surface area contributed by atoms with Crippen LogP contribution in [0, 0.1) is 6.92 Å². The molecule has 0 aliphatic heterocycles. The molecule has 0 N–H and O–H groups in total. The Morgan fingerprint density at radius 1 is 0.429 bits per heavy atom. The summed E-state index contributed by atoms with van der Waals surface area (Å²) >= 11 is 0. The molecule has 0 aliphatic carbocycles. The third-order valence-corrected chi connectivity index (χ3v) is 10.2. The fourth-order valence-electron chi connectivity index (χ4n) is 5.78. The van der Waals surface area contributed by atoms with Crippen molar-refractivity contribution in [2.45, 2.75) is 6.92 Å². The maximum atomic E-state index is 6.58. The van der Waals surface area contributed by atoms with Gasteiger partial charge >= 0.3 is 16.5 Å². The minimum absolute atomic E-state index is 0.440. The Labute approximate surface area is 283 Å². The molecule has 2 heterocycles. The molecule has 8 nitrogen and oxygen atoms in total. The number of ether oxygens (including phenoxy) is 2. The van der Waals surface area contributed by atoms with Gasteiger partial charge in [-0.3, -0.25) is 0 Å². The minimum Gasteiger partial charge on any atom is -0.497 e. The molecule has 0 atom stereocenters. The van der Waals surface area contributed by atoms with Gasteiger partial charge in [0.25, 0.3) is 0 Å². The van der Waals surface area contributed by atoms with Crippen molar-refractivity contribution in [3.8, 4) is 34.1 Å². The third kappa shape index (κ3) is 5.97. The number of hydrogen-bond donors (Lipinski definition) is 0. The molecule has 2 aromatic heterocycles. The normalized spacial score (nSPS) is 11.2. The zero-order valence-electron chi connectivity index (χ0n) is 26.8. The predicted octanol–water partition coefficient (Wildman–Crippen LogP) is 12.6. The smallest absolute Gasteiger partial charge is 0.453 e. The second-order valence-electron chi connectivity index (χ2n) is 11.2. The minimum atomic E-state index is -1.92. The predicted molar refractivity (Wildman–Crippen MR) is 194 cm³/mol. The zero-order chi connectivity index (χ0) is 33.3. The molecule has 49 heavy (non-hydrogen) atoms. The lowest BCUT2D eigenvalue weighted by Gasteiger charge is -2.16. The van der Waals surface area contributed by atoms with E-state index >= 15 is 0 Å². The second kappa shape index (κ2) is 13.1. The number of benzene rings is 6.